The van der Waals surface area contributed by atoms with Crippen molar-refractivity contribution in [1.29, 1.82) is 0 Å². The summed E-state index contributed by atoms with van der Waals surface area (Å²) in [4.78, 5) is -0.668. The van der Waals surface area contributed by atoms with Crippen molar-refractivity contribution in [1.82, 2.24) is 9.44 Å². The number of nitrogens with one attached hydrogen (secondary N) is 2. The topological polar surface area (TPSA) is 126 Å². The van der Waals surface area contributed by atoms with Crippen LogP contribution in [-0.2, 0) is 29.9 Å². The molecule has 0 radical (unpaired) electrons. The summed E-state index contributed by atoms with van der Waals surface area (Å²) in [6.07, 6.45) is 11.2. The smallest absolute Gasteiger partial charge is 0.219 e. The summed E-state index contributed by atoms with van der Waals surface area (Å²) in [5.74, 6) is 0. The van der Waals surface area contributed by atoms with Gasteiger partial charge in [0.25, 0.3) is 0 Å². The minimum absolute atomic E-state index is 0.128. The highest BCUT2D eigenvalue weighted by Gasteiger charge is 2.27. The van der Waals surface area contributed by atoms with E-state index in [-0.39, 0.29) is 31.7 Å². The predicted molar refractivity (Wildman–Crippen MR) is 142 cm³/mol. The Morgan fingerprint density at radius 2 is 0.811 bits per heavy atom. The van der Waals surface area contributed by atoms with Gasteiger partial charge < -0.3 is 0 Å². The van der Waals surface area contributed by atoms with Crippen LogP contribution in [0.3, 0.4) is 0 Å². The fourth-order valence-corrected chi connectivity index (χ4v) is 9.32. The van der Waals surface area contributed by atoms with Gasteiger partial charge >= 0.3 is 0 Å². The monoisotopic (exact) mass is 568 g/mol. The second kappa shape index (κ2) is 11.9. The fourth-order valence-electron chi connectivity index (χ4n) is 5.12. The number of hydrogen-bond donors (Lipinski definition) is 2. The Hall–Kier alpha value is -1.79. The van der Waals surface area contributed by atoms with Crippen molar-refractivity contribution in [3.8, 4) is 0 Å². The Kier molecular flexibility index (Phi) is 9.11. The maximum atomic E-state index is 13.4. The van der Waals surface area contributed by atoms with Gasteiger partial charge in [-0.2, -0.15) is 0 Å². The molecule has 0 atom stereocenters. The molecule has 0 unspecified atom stereocenters. The summed E-state index contributed by atoms with van der Waals surface area (Å²) in [7, 11) is -12.0. The van der Waals surface area contributed by atoms with Crippen LogP contribution in [0.4, 0.5) is 0 Å². The molecule has 0 heterocycles. The molecule has 0 spiro atoms. The summed E-state index contributed by atoms with van der Waals surface area (Å²) in [6, 6.07) is 10.1. The molecule has 0 amide bonds. The van der Waals surface area contributed by atoms with Crippen LogP contribution >= 0.6 is 0 Å². The third-order valence-corrected chi connectivity index (χ3v) is 12.0. The van der Waals surface area contributed by atoms with Crippen molar-refractivity contribution in [3.05, 3.63) is 48.5 Å². The average Bonchev–Trinajstić information content (AvgIpc) is 3.29. The first-order valence-electron chi connectivity index (χ1n) is 13.1. The summed E-state index contributed by atoms with van der Waals surface area (Å²) in [6.45, 7) is 0. The maximum Gasteiger partial charge on any atom is 0.240 e. The Morgan fingerprint density at radius 1 is 0.486 bits per heavy atom. The zero-order chi connectivity index (χ0) is 26.5. The largest absolute Gasteiger partial charge is 0.240 e. The quantitative estimate of drug-likeness (QED) is 0.451. The molecule has 2 N–H and O–H groups in total. The van der Waals surface area contributed by atoms with E-state index in [2.05, 4.69) is 9.44 Å². The highest BCUT2D eigenvalue weighted by Crippen LogP contribution is 2.27. The maximum absolute atomic E-state index is 13.4. The molecule has 8 nitrogen and oxygen atoms in total. The van der Waals surface area contributed by atoms with Crippen LogP contribution in [0.2, 0.25) is 0 Å². The number of hydrogen-bond acceptors (Lipinski definition) is 6. The molecule has 2 fully saturated rings. The molecule has 0 saturated heterocycles. The van der Waals surface area contributed by atoms with Gasteiger partial charge in [-0.25, -0.2) is 34.7 Å². The van der Waals surface area contributed by atoms with E-state index in [1.807, 2.05) is 0 Å². The van der Waals surface area contributed by atoms with E-state index in [1.54, 1.807) is 0 Å². The number of benzene rings is 2. The van der Waals surface area contributed by atoms with E-state index in [1.165, 1.54) is 36.4 Å². The Balaban J connectivity index is 1.57. The lowest BCUT2D eigenvalue weighted by atomic mass is 10.1. The van der Waals surface area contributed by atoms with Gasteiger partial charge in [-0.15, -0.1) is 0 Å². The summed E-state index contributed by atoms with van der Waals surface area (Å²) < 4.78 is 84.5. The van der Waals surface area contributed by atoms with Gasteiger partial charge in [-0.1, -0.05) is 63.5 Å². The zero-order valence-corrected chi connectivity index (χ0v) is 23.4. The van der Waals surface area contributed by atoms with Gasteiger partial charge in [0.15, 0.2) is 0 Å². The van der Waals surface area contributed by atoms with E-state index in [0.29, 0.717) is 0 Å². The zero-order valence-electron chi connectivity index (χ0n) is 20.9. The average molecular weight is 569 g/mol. The first-order valence-corrected chi connectivity index (χ1v) is 17.5. The lowest BCUT2D eigenvalue weighted by Crippen LogP contribution is -2.34. The molecule has 2 aromatic rings. The van der Waals surface area contributed by atoms with E-state index >= 15 is 0 Å². The predicted octanol–water partition coefficient (Wildman–Crippen LogP) is 4.52. The highest BCUT2D eigenvalue weighted by molar-refractivity contribution is 7.92. The molecule has 0 aromatic heterocycles. The van der Waals surface area contributed by atoms with Crippen molar-refractivity contribution in [2.45, 2.75) is 109 Å². The third-order valence-electron chi connectivity index (χ3n) is 7.21. The van der Waals surface area contributed by atoms with Crippen LogP contribution in [0, 0.1) is 0 Å². The van der Waals surface area contributed by atoms with Crippen molar-refractivity contribution in [2.75, 3.05) is 0 Å². The van der Waals surface area contributed by atoms with Gasteiger partial charge in [0, 0.05) is 12.1 Å². The van der Waals surface area contributed by atoms with E-state index in [9.17, 15) is 25.3 Å². The molecule has 2 saturated carbocycles. The Labute approximate surface area is 221 Å². The Bertz CT molecular complexity index is 1290. The molecular formula is C26H36N2O6S3. The number of sulfonamides is 2. The van der Waals surface area contributed by atoms with E-state index in [4.69, 9.17) is 0 Å². The molecule has 4 rings (SSSR count). The molecule has 0 aliphatic heterocycles. The minimum Gasteiger partial charge on any atom is -0.219 e. The normalized spacial score (nSPS) is 19.2. The SMILES string of the molecule is O=S(=O)(NC1CCCCCC1)c1cccc(S(=O)(=O)c2cccc(S(=O)(=O)NC3CCCCCC3)c2)c1. The van der Waals surface area contributed by atoms with E-state index < -0.39 is 29.9 Å². The second-order valence-corrected chi connectivity index (χ2v) is 15.5. The lowest BCUT2D eigenvalue weighted by molar-refractivity contribution is 0.509. The molecular weight excluding hydrogens is 532 g/mol. The first-order chi connectivity index (χ1) is 17.6. The summed E-state index contributed by atoms with van der Waals surface area (Å²) >= 11 is 0. The molecule has 2 aliphatic carbocycles. The number of rotatable bonds is 8. The molecule has 204 valence electrons. The van der Waals surface area contributed by atoms with E-state index in [0.717, 1.165) is 89.2 Å². The van der Waals surface area contributed by atoms with Gasteiger partial charge in [0.05, 0.1) is 19.6 Å². The summed E-state index contributed by atoms with van der Waals surface area (Å²) in [5, 5.41) is 0. The highest BCUT2D eigenvalue weighted by atomic mass is 32.2. The van der Waals surface area contributed by atoms with Crippen LogP contribution in [0.5, 0.6) is 0 Å². The summed E-state index contributed by atoms with van der Waals surface area (Å²) in [5.41, 5.74) is 0. The van der Waals surface area contributed by atoms with Gasteiger partial charge in [-0.05, 0) is 62.1 Å². The standard InChI is InChI=1S/C26H36N2O6S3/c29-35(30,23-15-9-17-25(19-23)36(31,32)27-21-11-5-1-2-6-12-21)24-16-10-18-26(20-24)37(33,34)28-22-13-7-3-4-8-14-22/h9-10,15-22,27-28H,1-8,11-14H2. The lowest BCUT2D eigenvalue weighted by Gasteiger charge is -2.17. The molecule has 11 heteroatoms. The molecule has 37 heavy (non-hydrogen) atoms. The minimum atomic E-state index is -4.17. The van der Waals surface area contributed by atoms with Crippen molar-refractivity contribution in [3.63, 3.8) is 0 Å². The van der Waals surface area contributed by atoms with Crippen molar-refractivity contribution >= 4 is 29.9 Å². The van der Waals surface area contributed by atoms with Gasteiger partial charge in [-0.3, -0.25) is 0 Å². The molecule has 2 aromatic carbocycles. The second-order valence-electron chi connectivity index (χ2n) is 10.1. The molecule has 0 bridgehead atoms. The van der Waals surface area contributed by atoms with Crippen molar-refractivity contribution in [2.24, 2.45) is 0 Å². The van der Waals surface area contributed by atoms with Gasteiger partial charge in [0.1, 0.15) is 0 Å². The van der Waals surface area contributed by atoms with Crippen LogP contribution < -0.4 is 9.44 Å². The van der Waals surface area contributed by atoms with Crippen LogP contribution in [-0.4, -0.2) is 37.3 Å². The van der Waals surface area contributed by atoms with Crippen molar-refractivity contribution < 1.29 is 25.3 Å². The molecule has 2 aliphatic rings. The van der Waals surface area contributed by atoms with Crippen LogP contribution in [0.15, 0.2) is 68.1 Å². The fraction of sp³-hybridized carbons (Fsp3) is 0.538. The Morgan fingerprint density at radius 3 is 1.16 bits per heavy atom. The number of sulfone groups is 1. The van der Waals surface area contributed by atoms with Gasteiger partial charge in [0.2, 0.25) is 29.9 Å². The third kappa shape index (κ3) is 7.20. The first kappa shape index (κ1) is 28.2. The van der Waals surface area contributed by atoms with Crippen LogP contribution in [0.25, 0.3) is 0 Å². The van der Waals surface area contributed by atoms with Crippen LogP contribution in [0.1, 0.15) is 77.0 Å².